The van der Waals surface area contributed by atoms with Crippen LogP contribution in [0.25, 0.3) is 0 Å². The largest absolute Gasteiger partial charge is 0.379 e. The molecular weight excluding hydrogens is 272 g/mol. The average molecular weight is 300 g/mol. The molecule has 0 heterocycles. The normalized spacial score (nSPS) is 10.5. The molecule has 0 aliphatic rings. The summed E-state index contributed by atoms with van der Waals surface area (Å²) in [5.74, 6) is 0.446. The lowest BCUT2D eigenvalue weighted by molar-refractivity contribution is -0.123. The van der Waals surface area contributed by atoms with E-state index in [9.17, 15) is 14.4 Å². The van der Waals surface area contributed by atoms with Gasteiger partial charge in [-0.3, -0.25) is 9.59 Å². The van der Waals surface area contributed by atoms with E-state index in [4.69, 9.17) is 4.74 Å². The Hall–Kier alpha value is -1.43. The smallest absolute Gasteiger partial charge is 0.222 e. The van der Waals surface area contributed by atoms with E-state index in [1.807, 2.05) is 13.8 Å². The molecule has 0 saturated carbocycles. The first kappa shape index (κ1) is 19.6. The van der Waals surface area contributed by atoms with Crippen LogP contribution in [-0.2, 0) is 19.1 Å². The van der Waals surface area contributed by atoms with Gasteiger partial charge in [0.05, 0.1) is 13.2 Å². The van der Waals surface area contributed by atoms with Crippen LogP contribution >= 0.6 is 0 Å². The standard InChI is InChI=1S/C15H28N2O4/c1-12(2)11-17-15(20)7-9-21-10-8-16-14(19)6-4-5-13(3)18/h12H,4-11H2,1-3H3,(H,16,19)(H,17,20). The van der Waals surface area contributed by atoms with Crippen molar-refractivity contribution >= 4 is 17.6 Å². The van der Waals surface area contributed by atoms with Crippen LogP contribution in [0.2, 0.25) is 0 Å². The van der Waals surface area contributed by atoms with Crippen LogP contribution in [-0.4, -0.2) is 43.9 Å². The summed E-state index contributed by atoms with van der Waals surface area (Å²) in [6.07, 6.45) is 1.71. The molecule has 0 saturated heterocycles. The van der Waals surface area contributed by atoms with Crippen LogP contribution < -0.4 is 10.6 Å². The van der Waals surface area contributed by atoms with Gasteiger partial charge >= 0.3 is 0 Å². The zero-order chi connectivity index (χ0) is 16.1. The lowest BCUT2D eigenvalue weighted by Crippen LogP contribution is -2.29. The third-order valence-electron chi connectivity index (χ3n) is 2.68. The maximum absolute atomic E-state index is 11.4. The van der Waals surface area contributed by atoms with Gasteiger partial charge in [0.15, 0.2) is 0 Å². The van der Waals surface area contributed by atoms with Crippen LogP contribution in [0.1, 0.15) is 46.5 Å². The third-order valence-corrected chi connectivity index (χ3v) is 2.68. The summed E-state index contributed by atoms with van der Waals surface area (Å²) in [5, 5.41) is 5.52. The number of ether oxygens (including phenoxy) is 1. The molecule has 0 bridgehead atoms. The lowest BCUT2D eigenvalue weighted by Gasteiger charge is -2.08. The molecule has 2 N–H and O–H groups in total. The molecule has 0 aliphatic heterocycles. The fraction of sp³-hybridized carbons (Fsp3) is 0.800. The minimum absolute atomic E-state index is 0.0167. The van der Waals surface area contributed by atoms with Crippen molar-refractivity contribution in [2.75, 3.05) is 26.3 Å². The highest BCUT2D eigenvalue weighted by Gasteiger charge is 2.03. The first-order valence-electron chi connectivity index (χ1n) is 7.52. The van der Waals surface area contributed by atoms with Crippen molar-refractivity contribution in [3.63, 3.8) is 0 Å². The Kier molecular flexibility index (Phi) is 11.5. The van der Waals surface area contributed by atoms with Crippen molar-refractivity contribution in [3.8, 4) is 0 Å². The summed E-state index contributed by atoms with van der Waals surface area (Å²) in [5.41, 5.74) is 0. The maximum Gasteiger partial charge on any atom is 0.222 e. The fourth-order valence-electron chi connectivity index (χ4n) is 1.52. The molecule has 122 valence electrons. The molecule has 0 radical (unpaired) electrons. The quantitative estimate of drug-likeness (QED) is 0.527. The average Bonchev–Trinajstić information content (AvgIpc) is 2.39. The predicted molar refractivity (Wildman–Crippen MR) is 80.8 cm³/mol. The second-order valence-corrected chi connectivity index (χ2v) is 5.47. The SMILES string of the molecule is CC(=O)CCCC(=O)NCCOCCC(=O)NCC(C)C. The maximum atomic E-state index is 11.4. The van der Waals surface area contributed by atoms with Gasteiger partial charge in [0.2, 0.25) is 11.8 Å². The number of ketones is 1. The van der Waals surface area contributed by atoms with E-state index in [2.05, 4.69) is 10.6 Å². The van der Waals surface area contributed by atoms with Crippen molar-refractivity contribution < 1.29 is 19.1 Å². The minimum Gasteiger partial charge on any atom is -0.379 e. The van der Waals surface area contributed by atoms with Crippen molar-refractivity contribution in [1.82, 2.24) is 10.6 Å². The predicted octanol–water partition coefficient (Wildman–Crippen LogP) is 1.04. The number of rotatable bonds is 12. The van der Waals surface area contributed by atoms with Gasteiger partial charge in [-0.2, -0.15) is 0 Å². The summed E-state index contributed by atoms with van der Waals surface area (Å²) in [6, 6.07) is 0. The molecule has 0 aliphatic carbocycles. The van der Waals surface area contributed by atoms with E-state index in [1.165, 1.54) is 6.92 Å². The van der Waals surface area contributed by atoms with E-state index >= 15 is 0 Å². The van der Waals surface area contributed by atoms with Crippen molar-refractivity contribution in [3.05, 3.63) is 0 Å². The Morgan fingerprint density at radius 3 is 2.24 bits per heavy atom. The van der Waals surface area contributed by atoms with Gasteiger partial charge < -0.3 is 20.2 Å². The molecule has 0 spiro atoms. The molecule has 0 atom stereocenters. The number of hydrogen-bond donors (Lipinski definition) is 2. The number of nitrogens with one attached hydrogen (secondary N) is 2. The van der Waals surface area contributed by atoms with Crippen molar-refractivity contribution in [1.29, 1.82) is 0 Å². The van der Waals surface area contributed by atoms with Crippen LogP contribution in [0.4, 0.5) is 0 Å². The molecule has 0 unspecified atom stereocenters. The fourth-order valence-corrected chi connectivity index (χ4v) is 1.52. The minimum atomic E-state index is -0.0745. The molecule has 6 heteroatoms. The van der Waals surface area contributed by atoms with Gasteiger partial charge in [-0.15, -0.1) is 0 Å². The molecule has 0 fully saturated rings. The van der Waals surface area contributed by atoms with Crippen LogP contribution in [0, 0.1) is 5.92 Å². The monoisotopic (exact) mass is 300 g/mol. The topological polar surface area (TPSA) is 84.5 Å². The molecule has 6 nitrogen and oxygen atoms in total. The lowest BCUT2D eigenvalue weighted by atomic mass is 10.2. The second-order valence-electron chi connectivity index (χ2n) is 5.47. The van der Waals surface area contributed by atoms with Gasteiger partial charge in [-0.25, -0.2) is 0 Å². The third kappa shape index (κ3) is 14.8. The number of hydrogen-bond acceptors (Lipinski definition) is 4. The number of carbonyl (C=O) groups excluding carboxylic acids is 3. The Labute approximate surface area is 127 Å². The Bertz CT molecular complexity index is 330. The van der Waals surface area contributed by atoms with E-state index in [0.29, 0.717) is 57.9 Å². The molecule has 0 rings (SSSR count). The van der Waals surface area contributed by atoms with Crippen LogP contribution in [0.3, 0.4) is 0 Å². The zero-order valence-corrected chi connectivity index (χ0v) is 13.4. The van der Waals surface area contributed by atoms with Crippen molar-refractivity contribution in [2.24, 2.45) is 5.92 Å². The first-order valence-corrected chi connectivity index (χ1v) is 7.52. The Balaban J connectivity index is 3.37. The van der Waals surface area contributed by atoms with Gasteiger partial charge in [0.25, 0.3) is 0 Å². The highest BCUT2D eigenvalue weighted by molar-refractivity contribution is 5.78. The highest BCUT2D eigenvalue weighted by Crippen LogP contribution is 1.95. The Morgan fingerprint density at radius 1 is 0.952 bits per heavy atom. The summed E-state index contributed by atoms with van der Waals surface area (Å²) < 4.78 is 5.27. The highest BCUT2D eigenvalue weighted by atomic mass is 16.5. The van der Waals surface area contributed by atoms with E-state index in [-0.39, 0.29) is 17.6 Å². The van der Waals surface area contributed by atoms with Gasteiger partial charge in [0.1, 0.15) is 5.78 Å². The van der Waals surface area contributed by atoms with Crippen molar-refractivity contribution in [2.45, 2.75) is 46.5 Å². The first-order chi connectivity index (χ1) is 9.91. The Morgan fingerprint density at radius 2 is 1.62 bits per heavy atom. The summed E-state index contributed by atoms with van der Waals surface area (Å²) in [7, 11) is 0. The second kappa shape index (κ2) is 12.3. The molecule has 2 amide bonds. The van der Waals surface area contributed by atoms with Gasteiger partial charge in [0, 0.05) is 32.4 Å². The molecule has 0 aromatic carbocycles. The van der Waals surface area contributed by atoms with Gasteiger partial charge in [-0.05, 0) is 19.3 Å². The number of amides is 2. The summed E-state index contributed by atoms with van der Waals surface area (Å²) in [4.78, 5) is 33.5. The zero-order valence-electron chi connectivity index (χ0n) is 13.4. The number of Topliss-reactive ketones (excluding diaryl/α,β-unsaturated/α-hetero) is 1. The number of carbonyl (C=O) groups is 3. The summed E-state index contributed by atoms with van der Waals surface area (Å²) >= 11 is 0. The van der Waals surface area contributed by atoms with E-state index < -0.39 is 0 Å². The van der Waals surface area contributed by atoms with E-state index in [0.717, 1.165) is 0 Å². The van der Waals surface area contributed by atoms with E-state index in [1.54, 1.807) is 0 Å². The summed E-state index contributed by atoms with van der Waals surface area (Å²) in [6.45, 7) is 7.43. The molecular formula is C15H28N2O4. The molecule has 21 heavy (non-hydrogen) atoms. The molecule has 0 aromatic rings. The molecule has 0 aromatic heterocycles. The van der Waals surface area contributed by atoms with Crippen LogP contribution in [0.15, 0.2) is 0 Å². The van der Waals surface area contributed by atoms with Gasteiger partial charge in [-0.1, -0.05) is 13.8 Å². The van der Waals surface area contributed by atoms with Crippen LogP contribution in [0.5, 0.6) is 0 Å².